The molecule has 0 aromatic rings. The van der Waals surface area contributed by atoms with E-state index >= 15 is 0 Å². The van der Waals surface area contributed by atoms with Gasteiger partial charge in [-0.2, -0.15) is 0 Å². The lowest BCUT2D eigenvalue weighted by Gasteiger charge is -2.20. The highest BCUT2D eigenvalue weighted by Gasteiger charge is 2.24. The molecule has 0 saturated carbocycles. The Bertz CT molecular complexity index is 259. The first kappa shape index (κ1) is 16.1. The molecule has 0 aliphatic heterocycles. The van der Waals surface area contributed by atoms with Crippen LogP contribution in [0.25, 0.3) is 0 Å². The summed E-state index contributed by atoms with van der Waals surface area (Å²) < 4.78 is 18.7. The SMILES string of the molecule is C=C(C)C(C)(F)CCOC(=O)CCC(C)CC. The summed E-state index contributed by atoms with van der Waals surface area (Å²) in [4.78, 5) is 11.4. The lowest BCUT2D eigenvalue weighted by molar-refractivity contribution is -0.144. The van der Waals surface area contributed by atoms with Crippen LogP contribution in [-0.4, -0.2) is 18.2 Å². The van der Waals surface area contributed by atoms with Gasteiger partial charge < -0.3 is 4.74 Å². The molecule has 0 fully saturated rings. The Balaban J connectivity index is 3.75. The monoisotopic (exact) mass is 244 g/mol. The minimum Gasteiger partial charge on any atom is -0.466 e. The van der Waals surface area contributed by atoms with Gasteiger partial charge in [-0.25, -0.2) is 4.39 Å². The van der Waals surface area contributed by atoms with Gasteiger partial charge in [0.05, 0.1) is 6.61 Å². The van der Waals surface area contributed by atoms with Gasteiger partial charge in [0.1, 0.15) is 5.67 Å². The van der Waals surface area contributed by atoms with E-state index in [4.69, 9.17) is 4.74 Å². The number of allylic oxidation sites excluding steroid dienone is 1. The summed E-state index contributed by atoms with van der Waals surface area (Å²) in [6.45, 7) is 11.0. The van der Waals surface area contributed by atoms with E-state index in [0.29, 0.717) is 17.9 Å². The molecule has 2 unspecified atom stereocenters. The first-order valence-corrected chi connectivity index (χ1v) is 6.30. The fourth-order valence-corrected chi connectivity index (χ4v) is 1.21. The van der Waals surface area contributed by atoms with Crippen molar-refractivity contribution >= 4 is 5.97 Å². The molecule has 0 N–H and O–H groups in total. The number of halogens is 1. The summed E-state index contributed by atoms with van der Waals surface area (Å²) in [6, 6.07) is 0. The number of hydrogen-bond acceptors (Lipinski definition) is 2. The maximum Gasteiger partial charge on any atom is 0.305 e. The van der Waals surface area contributed by atoms with Crippen LogP contribution in [0.3, 0.4) is 0 Å². The highest BCUT2D eigenvalue weighted by molar-refractivity contribution is 5.69. The molecular weight excluding hydrogens is 219 g/mol. The Morgan fingerprint density at radius 1 is 1.53 bits per heavy atom. The van der Waals surface area contributed by atoms with Gasteiger partial charge in [-0.3, -0.25) is 4.79 Å². The maximum atomic E-state index is 13.7. The van der Waals surface area contributed by atoms with Gasteiger partial charge in [-0.05, 0) is 31.8 Å². The molecule has 0 saturated heterocycles. The van der Waals surface area contributed by atoms with Gasteiger partial charge >= 0.3 is 5.97 Å². The molecule has 3 heteroatoms. The second kappa shape index (κ2) is 7.46. The average molecular weight is 244 g/mol. The number of alkyl halides is 1. The quantitative estimate of drug-likeness (QED) is 0.475. The topological polar surface area (TPSA) is 26.3 Å². The van der Waals surface area contributed by atoms with E-state index < -0.39 is 5.67 Å². The first-order chi connectivity index (χ1) is 7.79. The van der Waals surface area contributed by atoms with Crippen LogP contribution in [0.4, 0.5) is 4.39 Å². The number of carbonyl (C=O) groups is 1. The summed E-state index contributed by atoms with van der Waals surface area (Å²) in [5.41, 5.74) is -0.982. The molecule has 0 aliphatic carbocycles. The van der Waals surface area contributed by atoms with Crippen molar-refractivity contribution in [3.8, 4) is 0 Å². The molecule has 0 radical (unpaired) electrons. The van der Waals surface area contributed by atoms with Crippen LogP contribution in [0.2, 0.25) is 0 Å². The number of esters is 1. The largest absolute Gasteiger partial charge is 0.466 e. The van der Waals surface area contributed by atoms with Crippen LogP contribution in [0.5, 0.6) is 0 Å². The van der Waals surface area contributed by atoms with Gasteiger partial charge in [-0.15, -0.1) is 0 Å². The summed E-state index contributed by atoms with van der Waals surface area (Å²) in [7, 11) is 0. The highest BCUT2D eigenvalue weighted by Crippen LogP contribution is 2.23. The van der Waals surface area contributed by atoms with Gasteiger partial charge in [0.2, 0.25) is 0 Å². The highest BCUT2D eigenvalue weighted by atomic mass is 19.1. The van der Waals surface area contributed by atoms with Crippen molar-refractivity contribution in [2.75, 3.05) is 6.61 Å². The van der Waals surface area contributed by atoms with Crippen LogP contribution >= 0.6 is 0 Å². The summed E-state index contributed by atoms with van der Waals surface area (Å²) in [6.07, 6.45) is 2.50. The van der Waals surface area contributed by atoms with E-state index in [2.05, 4.69) is 20.4 Å². The number of rotatable bonds is 8. The Morgan fingerprint density at radius 2 is 2.12 bits per heavy atom. The predicted molar refractivity (Wildman–Crippen MR) is 68.6 cm³/mol. The normalized spacial score (nSPS) is 16.1. The Hall–Kier alpha value is -0.860. The second-order valence-corrected chi connectivity index (χ2v) is 5.00. The number of ether oxygens (including phenoxy) is 1. The third-order valence-electron chi connectivity index (χ3n) is 3.26. The van der Waals surface area contributed by atoms with Gasteiger partial charge in [0.15, 0.2) is 0 Å². The summed E-state index contributed by atoms with van der Waals surface area (Å²) >= 11 is 0. The van der Waals surface area contributed by atoms with Crippen molar-refractivity contribution in [2.24, 2.45) is 5.92 Å². The summed E-state index contributed by atoms with van der Waals surface area (Å²) in [5.74, 6) is 0.298. The van der Waals surface area contributed by atoms with Crippen LogP contribution in [0, 0.1) is 5.92 Å². The van der Waals surface area contributed by atoms with Crippen molar-refractivity contribution < 1.29 is 13.9 Å². The lowest BCUT2D eigenvalue weighted by Crippen LogP contribution is -2.22. The fraction of sp³-hybridized carbons (Fsp3) is 0.786. The van der Waals surface area contributed by atoms with Crippen molar-refractivity contribution in [3.63, 3.8) is 0 Å². The van der Waals surface area contributed by atoms with E-state index in [0.717, 1.165) is 12.8 Å². The minimum atomic E-state index is -1.45. The van der Waals surface area contributed by atoms with Crippen molar-refractivity contribution in [3.05, 3.63) is 12.2 Å². The molecule has 0 spiro atoms. The Kier molecular flexibility index (Phi) is 7.09. The van der Waals surface area contributed by atoms with Gasteiger partial charge in [0, 0.05) is 12.8 Å². The molecule has 2 nitrogen and oxygen atoms in total. The van der Waals surface area contributed by atoms with Crippen LogP contribution < -0.4 is 0 Å². The lowest BCUT2D eigenvalue weighted by atomic mass is 9.97. The maximum absolute atomic E-state index is 13.7. The molecule has 0 rings (SSSR count). The smallest absolute Gasteiger partial charge is 0.305 e. The predicted octanol–water partition coefficient (Wildman–Crippen LogP) is 4.05. The standard InChI is InChI=1S/C14H25FO2/c1-6-12(4)7-8-13(16)17-10-9-14(5,15)11(2)3/h12H,2,6-10H2,1,3-5H3. The first-order valence-electron chi connectivity index (χ1n) is 6.30. The van der Waals surface area contributed by atoms with E-state index in [-0.39, 0.29) is 19.0 Å². The minimum absolute atomic E-state index is 0.124. The van der Waals surface area contributed by atoms with E-state index in [1.54, 1.807) is 6.92 Å². The Labute approximate surface area is 104 Å². The van der Waals surface area contributed by atoms with E-state index in [1.807, 2.05) is 0 Å². The molecular formula is C14H25FO2. The molecule has 0 bridgehead atoms. The Morgan fingerprint density at radius 3 is 2.59 bits per heavy atom. The molecule has 17 heavy (non-hydrogen) atoms. The van der Waals surface area contributed by atoms with E-state index in [1.165, 1.54) is 6.92 Å². The molecule has 2 atom stereocenters. The van der Waals surface area contributed by atoms with Crippen LogP contribution in [0.15, 0.2) is 12.2 Å². The zero-order valence-corrected chi connectivity index (χ0v) is 11.5. The zero-order valence-electron chi connectivity index (χ0n) is 11.5. The van der Waals surface area contributed by atoms with Crippen molar-refractivity contribution in [2.45, 2.75) is 59.0 Å². The zero-order chi connectivity index (χ0) is 13.5. The molecule has 0 heterocycles. The van der Waals surface area contributed by atoms with Crippen molar-refractivity contribution in [1.29, 1.82) is 0 Å². The molecule has 0 aliphatic rings. The molecule has 0 aromatic heterocycles. The summed E-state index contributed by atoms with van der Waals surface area (Å²) in [5, 5.41) is 0. The van der Waals surface area contributed by atoms with Crippen LogP contribution in [-0.2, 0) is 9.53 Å². The van der Waals surface area contributed by atoms with Gasteiger partial charge in [-0.1, -0.05) is 26.8 Å². The van der Waals surface area contributed by atoms with Crippen LogP contribution in [0.1, 0.15) is 53.4 Å². The third kappa shape index (κ3) is 7.14. The fourth-order valence-electron chi connectivity index (χ4n) is 1.21. The molecule has 0 aromatic carbocycles. The average Bonchev–Trinajstić information content (AvgIpc) is 2.25. The van der Waals surface area contributed by atoms with E-state index in [9.17, 15) is 9.18 Å². The number of hydrogen-bond donors (Lipinski definition) is 0. The molecule has 100 valence electrons. The van der Waals surface area contributed by atoms with Gasteiger partial charge in [0.25, 0.3) is 0 Å². The number of carbonyl (C=O) groups excluding carboxylic acids is 1. The third-order valence-corrected chi connectivity index (χ3v) is 3.26. The second-order valence-electron chi connectivity index (χ2n) is 5.00. The molecule has 0 amide bonds. The van der Waals surface area contributed by atoms with Crippen molar-refractivity contribution in [1.82, 2.24) is 0 Å².